The van der Waals surface area contributed by atoms with Gasteiger partial charge in [0.05, 0.1) is 17.3 Å². The van der Waals surface area contributed by atoms with E-state index in [1.165, 1.54) is 10.2 Å². The fourth-order valence-corrected chi connectivity index (χ4v) is 4.52. The van der Waals surface area contributed by atoms with E-state index in [1.54, 1.807) is 6.07 Å². The van der Waals surface area contributed by atoms with E-state index in [0.29, 0.717) is 35.0 Å². The van der Waals surface area contributed by atoms with Crippen LogP contribution in [0, 0.1) is 0 Å². The number of para-hydroxylation sites is 2. The first-order valence-electron chi connectivity index (χ1n) is 8.56. The van der Waals surface area contributed by atoms with Crippen LogP contribution < -0.4 is 4.90 Å². The van der Waals surface area contributed by atoms with Crippen LogP contribution in [0.25, 0.3) is 11.0 Å². The first kappa shape index (κ1) is 20.0. The monoisotopic (exact) mass is 425 g/mol. The number of alkyl halides is 2. The summed E-state index contributed by atoms with van der Waals surface area (Å²) < 4.78 is 25.9. The smallest absolute Gasteiger partial charge is 0.237 e. The lowest BCUT2D eigenvalue weighted by molar-refractivity contribution is 0.593. The highest BCUT2D eigenvalue weighted by Gasteiger charge is 2.18. The molecule has 3 rings (SSSR count). The van der Waals surface area contributed by atoms with E-state index >= 15 is 0 Å². The van der Waals surface area contributed by atoms with Gasteiger partial charge < -0.3 is 4.90 Å². The lowest BCUT2D eigenvalue weighted by Crippen LogP contribution is -2.27. The zero-order chi connectivity index (χ0) is 19.4. The summed E-state index contributed by atoms with van der Waals surface area (Å²) in [6, 6.07) is 15.2. The minimum atomic E-state index is -3.46. The Bertz CT molecular complexity index is 1010. The van der Waals surface area contributed by atoms with Crippen LogP contribution in [0.4, 0.5) is 5.69 Å². The summed E-state index contributed by atoms with van der Waals surface area (Å²) in [5.74, 6) is 1.55. The van der Waals surface area contributed by atoms with E-state index in [1.807, 2.05) is 42.5 Å². The van der Waals surface area contributed by atoms with Crippen LogP contribution >= 0.6 is 23.2 Å². The van der Waals surface area contributed by atoms with Gasteiger partial charge in [-0.2, -0.15) is 0 Å². The standard InChI is InChI=1S/C19H21Cl2N3O2S/c1-27(25,26)24-18-5-3-2-4-17(18)22-19(24)14-15-6-8-16(9-7-15)23(12-10-20)13-11-21/h2-9H,10-14H2,1H3. The second-order valence-corrected chi connectivity index (χ2v) is 8.84. The maximum absolute atomic E-state index is 12.3. The second kappa shape index (κ2) is 8.50. The number of fused-ring (bicyclic) bond motifs is 1. The second-order valence-electron chi connectivity index (χ2n) is 6.25. The van der Waals surface area contributed by atoms with Gasteiger partial charge in [-0.25, -0.2) is 17.4 Å². The van der Waals surface area contributed by atoms with Gasteiger partial charge in [0, 0.05) is 37.0 Å². The maximum atomic E-state index is 12.3. The third kappa shape index (κ3) is 4.57. The summed E-state index contributed by atoms with van der Waals surface area (Å²) in [4.78, 5) is 6.65. The molecule has 0 atom stereocenters. The molecule has 0 fully saturated rings. The molecule has 0 aliphatic carbocycles. The van der Waals surface area contributed by atoms with Gasteiger partial charge in [-0.15, -0.1) is 23.2 Å². The lowest BCUT2D eigenvalue weighted by atomic mass is 10.1. The van der Waals surface area contributed by atoms with Crippen LogP contribution in [0.3, 0.4) is 0 Å². The van der Waals surface area contributed by atoms with Crippen molar-refractivity contribution in [1.82, 2.24) is 8.96 Å². The number of benzene rings is 2. The molecule has 0 saturated heterocycles. The van der Waals surface area contributed by atoms with Crippen molar-refractivity contribution >= 4 is 49.9 Å². The molecule has 5 nitrogen and oxygen atoms in total. The highest BCUT2D eigenvalue weighted by molar-refractivity contribution is 7.89. The lowest BCUT2D eigenvalue weighted by Gasteiger charge is -2.23. The van der Waals surface area contributed by atoms with Crippen molar-refractivity contribution in [1.29, 1.82) is 0 Å². The predicted molar refractivity (Wildman–Crippen MR) is 113 cm³/mol. The number of imidazole rings is 1. The molecule has 0 radical (unpaired) electrons. The summed E-state index contributed by atoms with van der Waals surface area (Å²) >= 11 is 11.7. The van der Waals surface area contributed by atoms with Crippen molar-refractivity contribution in [2.75, 3.05) is 36.0 Å². The highest BCUT2D eigenvalue weighted by atomic mass is 35.5. The van der Waals surface area contributed by atoms with Crippen molar-refractivity contribution in [2.45, 2.75) is 6.42 Å². The molecule has 0 amide bonds. The first-order chi connectivity index (χ1) is 12.9. The van der Waals surface area contributed by atoms with E-state index in [2.05, 4.69) is 9.88 Å². The number of rotatable bonds is 8. The van der Waals surface area contributed by atoms with Crippen LogP contribution in [-0.2, 0) is 16.4 Å². The van der Waals surface area contributed by atoms with E-state index in [0.717, 1.165) is 24.3 Å². The quantitative estimate of drug-likeness (QED) is 0.516. The van der Waals surface area contributed by atoms with E-state index in [-0.39, 0.29) is 0 Å². The molecule has 0 unspecified atom stereocenters. The van der Waals surface area contributed by atoms with Crippen molar-refractivity contribution < 1.29 is 8.42 Å². The average molecular weight is 426 g/mol. The molecule has 1 heterocycles. The molecule has 144 valence electrons. The zero-order valence-electron chi connectivity index (χ0n) is 15.0. The van der Waals surface area contributed by atoms with Crippen molar-refractivity contribution in [3.8, 4) is 0 Å². The SMILES string of the molecule is CS(=O)(=O)n1c(Cc2ccc(N(CCCl)CCCl)cc2)nc2ccccc21. The van der Waals surface area contributed by atoms with Gasteiger partial charge in [-0.05, 0) is 29.8 Å². The van der Waals surface area contributed by atoms with E-state index in [4.69, 9.17) is 23.2 Å². The van der Waals surface area contributed by atoms with Crippen LogP contribution in [0.2, 0.25) is 0 Å². The minimum absolute atomic E-state index is 0.424. The molecular formula is C19H21Cl2N3O2S. The summed E-state index contributed by atoms with van der Waals surface area (Å²) in [6.07, 6.45) is 1.62. The van der Waals surface area contributed by atoms with Crippen LogP contribution in [0.15, 0.2) is 48.5 Å². The molecule has 0 saturated carbocycles. The number of hydrogen-bond acceptors (Lipinski definition) is 4. The topological polar surface area (TPSA) is 55.2 Å². The number of aromatic nitrogens is 2. The van der Waals surface area contributed by atoms with Crippen LogP contribution in [0.1, 0.15) is 11.4 Å². The first-order valence-corrected chi connectivity index (χ1v) is 11.5. The molecule has 0 aliphatic heterocycles. The predicted octanol–water partition coefficient (Wildman–Crippen LogP) is 3.72. The Labute approximate surface area is 169 Å². The van der Waals surface area contributed by atoms with Crippen molar-refractivity contribution in [2.24, 2.45) is 0 Å². The number of halogens is 2. The average Bonchev–Trinajstić information content (AvgIpc) is 3.00. The van der Waals surface area contributed by atoms with Gasteiger partial charge in [-0.3, -0.25) is 0 Å². The highest BCUT2D eigenvalue weighted by Crippen LogP contribution is 2.22. The molecule has 2 aromatic carbocycles. The van der Waals surface area contributed by atoms with Gasteiger partial charge in [0.2, 0.25) is 10.0 Å². The third-order valence-corrected chi connectivity index (χ3v) is 5.70. The molecule has 1 aromatic heterocycles. The number of anilines is 1. The van der Waals surface area contributed by atoms with Crippen LogP contribution in [-0.4, -0.2) is 48.5 Å². The van der Waals surface area contributed by atoms with Crippen molar-refractivity contribution in [3.05, 3.63) is 59.9 Å². The molecule has 3 aromatic rings. The fraction of sp³-hybridized carbons (Fsp3) is 0.316. The number of nitrogens with zero attached hydrogens (tertiary/aromatic N) is 3. The van der Waals surface area contributed by atoms with Crippen LogP contribution in [0.5, 0.6) is 0 Å². The molecular weight excluding hydrogens is 405 g/mol. The van der Waals surface area contributed by atoms with Gasteiger partial charge >= 0.3 is 0 Å². The van der Waals surface area contributed by atoms with Gasteiger partial charge in [0.1, 0.15) is 5.82 Å². The summed E-state index contributed by atoms with van der Waals surface area (Å²) in [6.45, 7) is 1.44. The molecule has 27 heavy (non-hydrogen) atoms. The molecule has 0 N–H and O–H groups in total. The summed E-state index contributed by atoms with van der Waals surface area (Å²) in [5.41, 5.74) is 3.29. The molecule has 0 bridgehead atoms. The minimum Gasteiger partial charge on any atom is -0.369 e. The fourth-order valence-electron chi connectivity index (χ4n) is 3.12. The van der Waals surface area contributed by atoms with Crippen molar-refractivity contribution in [3.63, 3.8) is 0 Å². The van der Waals surface area contributed by atoms with E-state index < -0.39 is 10.0 Å². The number of hydrogen-bond donors (Lipinski definition) is 0. The Balaban J connectivity index is 1.92. The Kier molecular flexibility index (Phi) is 6.29. The van der Waals surface area contributed by atoms with Gasteiger partial charge in [0.25, 0.3) is 0 Å². The largest absolute Gasteiger partial charge is 0.369 e. The van der Waals surface area contributed by atoms with Gasteiger partial charge in [-0.1, -0.05) is 24.3 Å². The third-order valence-electron chi connectivity index (χ3n) is 4.29. The maximum Gasteiger partial charge on any atom is 0.237 e. The Morgan fingerprint density at radius 1 is 1.00 bits per heavy atom. The normalized spacial score (nSPS) is 11.8. The zero-order valence-corrected chi connectivity index (χ0v) is 17.3. The molecule has 0 spiro atoms. The molecule has 0 aliphatic rings. The Morgan fingerprint density at radius 2 is 1.63 bits per heavy atom. The molecule has 8 heteroatoms. The summed E-state index contributed by atoms with van der Waals surface area (Å²) in [5, 5.41) is 0. The van der Waals surface area contributed by atoms with Gasteiger partial charge in [0.15, 0.2) is 0 Å². The van der Waals surface area contributed by atoms with E-state index in [9.17, 15) is 8.42 Å². The Morgan fingerprint density at radius 3 is 2.22 bits per heavy atom. The summed E-state index contributed by atoms with van der Waals surface area (Å²) in [7, 11) is -3.46. The Hall–Kier alpha value is -1.76.